The van der Waals surface area contributed by atoms with Crippen LogP contribution in [-0.4, -0.2) is 19.9 Å². The number of pyridine rings is 4. The Morgan fingerprint density at radius 3 is 1.28 bits per heavy atom. The molecule has 0 fully saturated rings. The summed E-state index contributed by atoms with van der Waals surface area (Å²) in [6, 6.07) is 79.0. The molecule has 0 spiro atoms. The van der Waals surface area contributed by atoms with Gasteiger partial charge in [-0.1, -0.05) is 176 Å². The average Bonchev–Trinajstić information content (AvgIpc) is 3.69. The van der Waals surface area contributed by atoms with Crippen molar-refractivity contribution in [2.24, 2.45) is 0 Å². The molecule has 4 nitrogen and oxygen atoms in total. The molecule has 1 aliphatic rings. The fourth-order valence-corrected chi connectivity index (χ4v) is 10.3. The molecule has 0 saturated carbocycles. The van der Waals surface area contributed by atoms with Gasteiger partial charge in [-0.25, -0.2) is 9.97 Å². The maximum atomic E-state index is 5.20. The van der Waals surface area contributed by atoms with E-state index in [1.165, 1.54) is 33.4 Å². The molecule has 302 valence electrons. The highest BCUT2D eigenvalue weighted by Crippen LogP contribution is 2.56. The largest absolute Gasteiger partial charge is 0.254 e. The Morgan fingerprint density at radius 1 is 0.277 bits per heavy atom. The zero-order valence-corrected chi connectivity index (χ0v) is 35.2. The van der Waals surface area contributed by atoms with Crippen molar-refractivity contribution in [3.05, 3.63) is 253 Å². The highest BCUT2D eigenvalue weighted by Gasteiger charge is 2.46. The zero-order valence-electron chi connectivity index (χ0n) is 35.2. The molecule has 0 unspecified atom stereocenters. The lowest BCUT2D eigenvalue weighted by Gasteiger charge is -2.34. The van der Waals surface area contributed by atoms with E-state index in [0.29, 0.717) is 0 Å². The van der Waals surface area contributed by atoms with Gasteiger partial charge < -0.3 is 0 Å². The molecule has 65 heavy (non-hydrogen) atoms. The Labute approximate surface area is 376 Å². The predicted molar refractivity (Wildman–Crippen MR) is 267 cm³/mol. The number of hydrogen-bond donors (Lipinski definition) is 0. The van der Waals surface area contributed by atoms with E-state index in [9.17, 15) is 0 Å². The molecule has 13 rings (SSSR count). The summed E-state index contributed by atoms with van der Waals surface area (Å²) in [5.74, 6) is 0. The number of aromatic nitrogens is 4. The molecular weight excluding hydrogens is 789 g/mol. The lowest BCUT2D eigenvalue weighted by molar-refractivity contribution is 0.769. The minimum Gasteiger partial charge on any atom is -0.254 e. The quantitative estimate of drug-likeness (QED) is 0.157. The maximum Gasteiger partial charge on any atom is 0.0972 e. The molecular formula is C61H38N4. The summed E-state index contributed by atoms with van der Waals surface area (Å²) in [4.78, 5) is 19.7. The fraction of sp³-hybridized carbons (Fsp3) is 0.0164. The van der Waals surface area contributed by atoms with E-state index in [0.717, 1.165) is 88.4 Å². The summed E-state index contributed by atoms with van der Waals surface area (Å²) < 4.78 is 0. The topological polar surface area (TPSA) is 51.6 Å². The van der Waals surface area contributed by atoms with Crippen molar-refractivity contribution < 1.29 is 0 Å². The number of benzene rings is 8. The van der Waals surface area contributed by atoms with E-state index in [1.807, 2.05) is 24.5 Å². The number of nitrogens with zero attached hydrogens (tertiary/aromatic N) is 4. The van der Waals surface area contributed by atoms with Crippen LogP contribution in [0.5, 0.6) is 0 Å². The molecule has 0 amide bonds. The van der Waals surface area contributed by atoms with Crippen molar-refractivity contribution >= 4 is 43.6 Å². The Balaban J connectivity index is 0.920. The third kappa shape index (κ3) is 5.92. The second-order valence-electron chi connectivity index (χ2n) is 17.0. The average molecular weight is 827 g/mol. The number of hydrogen-bond acceptors (Lipinski definition) is 4. The van der Waals surface area contributed by atoms with Crippen molar-refractivity contribution in [3.8, 4) is 55.9 Å². The van der Waals surface area contributed by atoms with Gasteiger partial charge in [0, 0.05) is 45.1 Å². The van der Waals surface area contributed by atoms with Crippen LogP contribution in [0.15, 0.2) is 231 Å². The summed E-state index contributed by atoms with van der Waals surface area (Å²) >= 11 is 0. The standard InChI is InChI=1S/C61H38N4/c1-3-20-53-51(18-1)52-19-2-4-21-54(52)61(53,49-16-6-11-46(37-49)39-22-24-40(25-23-39)55-32-30-43-28-26-41-14-8-34-62-57(41)59(43)64-55)50-17-7-12-47(38-50)45-10-5-13-48(36-45)56-33-31-44-29-27-42-15-9-35-63-58(42)60(44)65-56/h1-38H. The summed E-state index contributed by atoms with van der Waals surface area (Å²) in [5, 5.41) is 4.34. The molecule has 0 atom stereocenters. The van der Waals surface area contributed by atoms with Crippen LogP contribution in [0, 0.1) is 0 Å². The van der Waals surface area contributed by atoms with Crippen LogP contribution >= 0.6 is 0 Å². The van der Waals surface area contributed by atoms with Gasteiger partial charge in [0.1, 0.15) is 0 Å². The van der Waals surface area contributed by atoms with Gasteiger partial charge in [0.05, 0.1) is 38.9 Å². The molecule has 1 aliphatic carbocycles. The second-order valence-corrected chi connectivity index (χ2v) is 17.0. The fourth-order valence-electron chi connectivity index (χ4n) is 10.3. The van der Waals surface area contributed by atoms with Gasteiger partial charge in [-0.2, -0.15) is 0 Å². The lowest BCUT2D eigenvalue weighted by atomic mass is 9.67. The molecule has 0 N–H and O–H groups in total. The van der Waals surface area contributed by atoms with Crippen LogP contribution < -0.4 is 0 Å². The second kappa shape index (κ2) is 14.8. The minimum absolute atomic E-state index is 0.573. The molecule has 0 bridgehead atoms. The first-order valence-corrected chi connectivity index (χ1v) is 22.1. The van der Waals surface area contributed by atoms with E-state index in [2.05, 4.69) is 211 Å². The Morgan fingerprint density at radius 2 is 0.708 bits per heavy atom. The van der Waals surface area contributed by atoms with Crippen LogP contribution in [0.4, 0.5) is 0 Å². The van der Waals surface area contributed by atoms with Crippen molar-refractivity contribution in [2.75, 3.05) is 0 Å². The van der Waals surface area contributed by atoms with E-state index in [-0.39, 0.29) is 0 Å². The van der Waals surface area contributed by atoms with Crippen LogP contribution in [0.3, 0.4) is 0 Å². The van der Waals surface area contributed by atoms with Gasteiger partial charge in [0.25, 0.3) is 0 Å². The zero-order chi connectivity index (χ0) is 42.9. The SMILES string of the molecule is c1cc(-c2cccc(C3(c4cccc(-c5ccc(-c6ccc7ccc8cccnc8c7n6)cc5)c4)c4ccccc4-c4ccccc43)c2)cc(-c2ccc3ccc4cccnc4c3n2)c1. The summed E-state index contributed by atoms with van der Waals surface area (Å²) in [6.07, 6.45) is 3.68. The lowest BCUT2D eigenvalue weighted by Crippen LogP contribution is -2.28. The number of fused-ring (bicyclic) bond motifs is 9. The first kappa shape index (κ1) is 37.0. The third-order valence-electron chi connectivity index (χ3n) is 13.4. The summed E-state index contributed by atoms with van der Waals surface area (Å²) in [5.41, 5.74) is 19.2. The maximum absolute atomic E-state index is 5.20. The van der Waals surface area contributed by atoms with Crippen molar-refractivity contribution in [2.45, 2.75) is 5.41 Å². The van der Waals surface area contributed by atoms with Gasteiger partial charge in [0.2, 0.25) is 0 Å². The van der Waals surface area contributed by atoms with E-state index in [4.69, 9.17) is 15.0 Å². The third-order valence-corrected chi connectivity index (χ3v) is 13.4. The molecule has 0 saturated heterocycles. The molecule has 4 heteroatoms. The first-order valence-electron chi connectivity index (χ1n) is 22.1. The van der Waals surface area contributed by atoms with Crippen molar-refractivity contribution in [3.63, 3.8) is 0 Å². The van der Waals surface area contributed by atoms with Gasteiger partial charge >= 0.3 is 0 Å². The highest BCUT2D eigenvalue weighted by atomic mass is 14.8. The normalized spacial score (nSPS) is 12.7. The van der Waals surface area contributed by atoms with Gasteiger partial charge in [-0.15, -0.1) is 0 Å². The highest BCUT2D eigenvalue weighted by molar-refractivity contribution is 6.04. The molecule has 8 aromatic carbocycles. The van der Waals surface area contributed by atoms with Gasteiger partial charge in [-0.3, -0.25) is 9.97 Å². The Bertz CT molecular complexity index is 3810. The summed E-state index contributed by atoms with van der Waals surface area (Å²) in [7, 11) is 0. The van der Waals surface area contributed by atoms with E-state index < -0.39 is 5.41 Å². The predicted octanol–water partition coefficient (Wildman–Crippen LogP) is 14.9. The van der Waals surface area contributed by atoms with E-state index >= 15 is 0 Å². The Hall–Kier alpha value is -8.60. The van der Waals surface area contributed by atoms with Crippen LogP contribution in [-0.2, 0) is 5.41 Å². The minimum atomic E-state index is -0.573. The van der Waals surface area contributed by atoms with E-state index in [1.54, 1.807) is 0 Å². The smallest absolute Gasteiger partial charge is 0.0972 e. The van der Waals surface area contributed by atoms with Gasteiger partial charge in [0.15, 0.2) is 0 Å². The van der Waals surface area contributed by atoms with Crippen molar-refractivity contribution in [1.82, 2.24) is 19.9 Å². The monoisotopic (exact) mass is 826 g/mol. The molecule has 12 aromatic rings. The molecule has 0 aliphatic heterocycles. The number of rotatable bonds is 6. The van der Waals surface area contributed by atoms with Crippen LogP contribution in [0.2, 0.25) is 0 Å². The van der Waals surface area contributed by atoms with Crippen LogP contribution in [0.25, 0.3) is 99.5 Å². The first-order chi connectivity index (χ1) is 32.2. The Kier molecular flexibility index (Phi) is 8.40. The van der Waals surface area contributed by atoms with Gasteiger partial charge in [-0.05, 0) is 98.1 Å². The summed E-state index contributed by atoms with van der Waals surface area (Å²) in [6.45, 7) is 0. The molecule has 4 heterocycles. The van der Waals surface area contributed by atoms with Crippen molar-refractivity contribution in [1.29, 1.82) is 0 Å². The van der Waals surface area contributed by atoms with Crippen LogP contribution in [0.1, 0.15) is 22.3 Å². The molecule has 0 radical (unpaired) electrons. The molecule has 4 aromatic heterocycles.